The Hall–Kier alpha value is -3.00. The summed E-state index contributed by atoms with van der Waals surface area (Å²) in [6.45, 7) is 1.70. The van der Waals surface area contributed by atoms with E-state index >= 15 is 0 Å². The SMILES string of the molecule is Cc1nc(SCc2ccc(F)cc2)[nH]c(=O)c1CC(=O)Nc1cccnc1. The second-order valence-corrected chi connectivity index (χ2v) is 6.78. The Kier molecular flexibility index (Phi) is 5.97. The van der Waals surface area contributed by atoms with Gasteiger partial charge in [-0.05, 0) is 36.8 Å². The number of carbonyl (C=O) groups is 1. The molecule has 2 heterocycles. The lowest BCUT2D eigenvalue weighted by atomic mass is 10.1. The van der Waals surface area contributed by atoms with Crippen LogP contribution in [0.3, 0.4) is 0 Å². The van der Waals surface area contributed by atoms with Gasteiger partial charge in [0, 0.05) is 23.2 Å². The van der Waals surface area contributed by atoms with Crippen molar-refractivity contribution in [1.29, 1.82) is 0 Å². The molecular formula is C19H17FN4O2S. The van der Waals surface area contributed by atoms with Gasteiger partial charge in [-0.2, -0.15) is 0 Å². The van der Waals surface area contributed by atoms with Crippen molar-refractivity contribution in [3.63, 3.8) is 0 Å². The molecule has 0 spiro atoms. The molecule has 6 nitrogen and oxygen atoms in total. The molecule has 3 aromatic rings. The van der Waals surface area contributed by atoms with Crippen LogP contribution in [-0.4, -0.2) is 20.9 Å². The number of aromatic amines is 1. The zero-order valence-corrected chi connectivity index (χ0v) is 15.3. The van der Waals surface area contributed by atoms with Crippen LogP contribution in [-0.2, 0) is 17.0 Å². The summed E-state index contributed by atoms with van der Waals surface area (Å²) >= 11 is 1.34. The first kappa shape index (κ1) is 18.8. The third-order valence-electron chi connectivity index (χ3n) is 3.77. The quantitative estimate of drug-likeness (QED) is 0.504. The van der Waals surface area contributed by atoms with E-state index in [1.54, 1.807) is 37.4 Å². The minimum Gasteiger partial charge on any atom is -0.324 e. The number of carbonyl (C=O) groups excluding carboxylic acids is 1. The van der Waals surface area contributed by atoms with Crippen molar-refractivity contribution in [2.75, 3.05) is 5.32 Å². The molecule has 1 amide bonds. The van der Waals surface area contributed by atoms with E-state index in [1.807, 2.05) is 0 Å². The summed E-state index contributed by atoms with van der Waals surface area (Å²) in [5.41, 5.74) is 1.97. The van der Waals surface area contributed by atoms with Gasteiger partial charge in [0.2, 0.25) is 5.91 Å². The first-order valence-corrected chi connectivity index (χ1v) is 9.17. The maximum atomic E-state index is 12.9. The Balaban J connectivity index is 1.66. The normalized spacial score (nSPS) is 10.6. The van der Waals surface area contributed by atoms with E-state index in [2.05, 4.69) is 20.3 Å². The van der Waals surface area contributed by atoms with Gasteiger partial charge in [0.15, 0.2) is 5.16 Å². The number of aryl methyl sites for hydroxylation is 1. The molecule has 0 radical (unpaired) electrons. The van der Waals surface area contributed by atoms with Crippen molar-refractivity contribution in [3.8, 4) is 0 Å². The van der Waals surface area contributed by atoms with Crippen molar-refractivity contribution >= 4 is 23.4 Å². The maximum absolute atomic E-state index is 12.9. The lowest BCUT2D eigenvalue weighted by molar-refractivity contribution is -0.115. The molecule has 0 aliphatic carbocycles. The Labute approximate surface area is 159 Å². The van der Waals surface area contributed by atoms with Gasteiger partial charge in [-0.15, -0.1) is 0 Å². The monoisotopic (exact) mass is 384 g/mol. The molecule has 0 bridgehead atoms. The molecule has 138 valence electrons. The highest BCUT2D eigenvalue weighted by molar-refractivity contribution is 7.98. The van der Waals surface area contributed by atoms with Crippen LogP contribution >= 0.6 is 11.8 Å². The van der Waals surface area contributed by atoms with Crippen molar-refractivity contribution in [1.82, 2.24) is 15.0 Å². The van der Waals surface area contributed by atoms with Crippen molar-refractivity contribution in [2.45, 2.75) is 24.3 Å². The molecule has 0 fully saturated rings. The van der Waals surface area contributed by atoms with E-state index in [1.165, 1.54) is 30.1 Å². The second-order valence-electron chi connectivity index (χ2n) is 5.82. The zero-order valence-electron chi connectivity index (χ0n) is 14.5. The highest BCUT2D eigenvalue weighted by Gasteiger charge is 2.13. The van der Waals surface area contributed by atoms with Crippen LogP contribution < -0.4 is 10.9 Å². The topological polar surface area (TPSA) is 87.7 Å². The van der Waals surface area contributed by atoms with E-state index in [4.69, 9.17) is 0 Å². The number of benzene rings is 1. The van der Waals surface area contributed by atoms with Gasteiger partial charge in [-0.25, -0.2) is 9.37 Å². The summed E-state index contributed by atoms with van der Waals surface area (Å²) in [5.74, 6) is -0.0612. The lowest BCUT2D eigenvalue weighted by Gasteiger charge is -2.08. The van der Waals surface area contributed by atoms with Gasteiger partial charge in [0.05, 0.1) is 18.3 Å². The predicted molar refractivity (Wildman–Crippen MR) is 102 cm³/mol. The smallest absolute Gasteiger partial charge is 0.255 e. The molecular weight excluding hydrogens is 367 g/mol. The molecule has 0 saturated carbocycles. The number of H-pyrrole nitrogens is 1. The number of aromatic nitrogens is 3. The Morgan fingerprint density at radius 3 is 2.70 bits per heavy atom. The molecule has 2 aromatic heterocycles. The van der Waals surface area contributed by atoms with Crippen LogP contribution in [0.15, 0.2) is 58.7 Å². The van der Waals surface area contributed by atoms with E-state index in [0.717, 1.165) is 5.56 Å². The van der Waals surface area contributed by atoms with Crippen LogP contribution in [0.1, 0.15) is 16.8 Å². The van der Waals surface area contributed by atoms with E-state index in [9.17, 15) is 14.0 Å². The number of rotatable bonds is 6. The molecule has 0 unspecified atom stereocenters. The number of anilines is 1. The van der Waals surface area contributed by atoms with E-state index < -0.39 is 0 Å². The number of hydrogen-bond donors (Lipinski definition) is 2. The molecule has 27 heavy (non-hydrogen) atoms. The summed E-state index contributed by atoms with van der Waals surface area (Å²) in [7, 11) is 0. The van der Waals surface area contributed by atoms with Gasteiger partial charge >= 0.3 is 0 Å². The van der Waals surface area contributed by atoms with Gasteiger partial charge in [0.25, 0.3) is 5.56 Å². The fourth-order valence-electron chi connectivity index (χ4n) is 2.40. The molecule has 1 aromatic carbocycles. The fraction of sp³-hybridized carbons (Fsp3) is 0.158. The van der Waals surface area contributed by atoms with Gasteiger partial charge in [0.1, 0.15) is 5.82 Å². The Morgan fingerprint density at radius 2 is 2.04 bits per heavy atom. The summed E-state index contributed by atoms with van der Waals surface area (Å²) in [6, 6.07) is 9.58. The largest absolute Gasteiger partial charge is 0.324 e. The summed E-state index contributed by atoms with van der Waals surface area (Å²) in [5, 5.41) is 3.15. The van der Waals surface area contributed by atoms with E-state index in [-0.39, 0.29) is 23.7 Å². The molecule has 0 aliphatic heterocycles. The average Bonchev–Trinajstić information content (AvgIpc) is 2.65. The van der Waals surface area contributed by atoms with Crippen molar-refractivity contribution in [2.24, 2.45) is 0 Å². The third kappa shape index (κ3) is 5.24. The average molecular weight is 384 g/mol. The standard InChI is InChI=1S/C19H17FN4O2S/c1-12-16(9-17(25)23-15-3-2-8-21-10-15)18(26)24-19(22-12)27-11-13-4-6-14(20)7-5-13/h2-8,10H,9,11H2,1H3,(H,23,25)(H,22,24,26). The summed E-state index contributed by atoms with van der Waals surface area (Å²) in [4.78, 5) is 35.5. The third-order valence-corrected chi connectivity index (χ3v) is 4.72. The number of nitrogens with one attached hydrogen (secondary N) is 2. The summed E-state index contributed by atoms with van der Waals surface area (Å²) in [6.07, 6.45) is 3.06. The van der Waals surface area contributed by atoms with Crippen LogP contribution in [0.2, 0.25) is 0 Å². The van der Waals surface area contributed by atoms with Crippen LogP contribution in [0, 0.1) is 12.7 Å². The van der Waals surface area contributed by atoms with Gasteiger partial charge in [-0.3, -0.25) is 14.6 Å². The number of pyridine rings is 1. The second kappa shape index (κ2) is 8.59. The van der Waals surface area contributed by atoms with Crippen LogP contribution in [0.4, 0.5) is 10.1 Å². The number of nitrogens with zero attached hydrogens (tertiary/aromatic N) is 2. The van der Waals surface area contributed by atoms with Crippen molar-refractivity contribution in [3.05, 3.63) is 81.8 Å². The highest BCUT2D eigenvalue weighted by atomic mass is 32.2. The number of hydrogen-bond acceptors (Lipinski definition) is 5. The number of amides is 1. The van der Waals surface area contributed by atoms with Crippen LogP contribution in [0.25, 0.3) is 0 Å². The minimum atomic E-state index is -0.342. The van der Waals surface area contributed by atoms with Crippen molar-refractivity contribution < 1.29 is 9.18 Å². The molecule has 0 atom stereocenters. The fourth-order valence-corrected chi connectivity index (χ4v) is 3.26. The molecule has 3 rings (SSSR count). The van der Waals surface area contributed by atoms with E-state index in [0.29, 0.717) is 27.9 Å². The molecule has 2 N–H and O–H groups in total. The summed E-state index contributed by atoms with van der Waals surface area (Å²) < 4.78 is 12.9. The Morgan fingerprint density at radius 1 is 1.26 bits per heavy atom. The van der Waals surface area contributed by atoms with Gasteiger partial charge < -0.3 is 10.3 Å². The highest BCUT2D eigenvalue weighted by Crippen LogP contribution is 2.19. The number of halogens is 1. The molecule has 0 saturated heterocycles. The van der Waals surface area contributed by atoms with Crippen LogP contribution in [0.5, 0.6) is 0 Å². The Bertz CT molecular complexity index is 991. The predicted octanol–water partition coefficient (Wildman–Crippen LogP) is 3.09. The maximum Gasteiger partial charge on any atom is 0.255 e. The lowest BCUT2D eigenvalue weighted by Crippen LogP contribution is -2.23. The first-order valence-electron chi connectivity index (χ1n) is 8.18. The molecule has 8 heteroatoms. The minimum absolute atomic E-state index is 0.0774. The first-order chi connectivity index (χ1) is 13.0. The number of thioether (sulfide) groups is 1. The zero-order chi connectivity index (χ0) is 19.2. The molecule has 0 aliphatic rings. The van der Waals surface area contributed by atoms with Gasteiger partial charge in [-0.1, -0.05) is 23.9 Å².